The van der Waals surface area contributed by atoms with Crippen LogP contribution in [0.2, 0.25) is 0 Å². The van der Waals surface area contributed by atoms with Crippen LogP contribution < -0.4 is 10.2 Å². The van der Waals surface area contributed by atoms with Gasteiger partial charge in [0.05, 0.1) is 6.10 Å². The first-order valence-corrected chi connectivity index (χ1v) is 14.4. The molecule has 0 radical (unpaired) electrons. The molecule has 0 unspecified atom stereocenters. The fourth-order valence-corrected chi connectivity index (χ4v) is 5.18. The summed E-state index contributed by atoms with van der Waals surface area (Å²) >= 11 is 0. The SMILES string of the molecule is C[C@@H]1O[C@@H](O[C@H]2[C@H](Oc3cc(O)c4c(=O)cc(-c5ccc(O)c(O)c5)oc4c3)O[C@H](COC(=O)CC(=O)O)[C@@H](O)[C@@H]2O)[C@H](O)[C@H](O)[C@H]1O. The quantitative estimate of drug-likeness (QED) is 0.0716. The van der Waals surface area contributed by atoms with Gasteiger partial charge in [-0.2, -0.15) is 0 Å². The largest absolute Gasteiger partial charge is 0.507 e. The summed E-state index contributed by atoms with van der Waals surface area (Å²) < 4.78 is 33.3. The van der Waals surface area contributed by atoms with Crippen LogP contribution >= 0.6 is 0 Å². The Bertz CT molecular complexity index is 1720. The number of carbonyl (C=O) groups is 2. The van der Waals surface area contributed by atoms with Crippen LogP contribution in [0.3, 0.4) is 0 Å². The summed E-state index contributed by atoms with van der Waals surface area (Å²) in [7, 11) is 0. The molecule has 2 aliphatic heterocycles. The molecule has 1 aromatic heterocycles. The maximum absolute atomic E-state index is 12.9. The first-order valence-electron chi connectivity index (χ1n) is 14.4. The van der Waals surface area contributed by atoms with Crippen LogP contribution in [0, 0.1) is 0 Å². The zero-order chi connectivity index (χ0) is 35.0. The zero-order valence-electron chi connectivity index (χ0n) is 24.9. The number of aromatic hydroxyl groups is 3. The molecule has 18 heteroatoms. The number of carboxylic acids is 1. The number of aliphatic hydroxyl groups is 5. The Balaban J connectivity index is 1.48. The van der Waals surface area contributed by atoms with E-state index in [0.29, 0.717) is 0 Å². The van der Waals surface area contributed by atoms with Crippen LogP contribution in [0.5, 0.6) is 23.0 Å². The zero-order valence-corrected chi connectivity index (χ0v) is 24.9. The number of aliphatic carboxylic acids is 1. The molecule has 5 rings (SSSR count). The van der Waals surface area contributed by atoms with Crippen LogP contribution in [-0.4, -0.2) is 126 Å². The summed E-state index contributed by atoms with van der Waals surface area (Å²) in [5.74, 6) is -4.56. The van der Waals surface area contributed by atoms with Gasteiger partial charge in [0.15, 0.2) is 29.3 Å². The molecule has 48 heavy (non-hydrogen) atoms. The first kappa shape index (κ1) is 34.8. The number of carboxylic acid groups (broad SMARTS) is 1. The molecule has 0 bridgehead atoms. The van der Waals surface area contributed by atoms with E-state index in [0.717, 1.165) is 30.3 Å². The number of hydrogen-bond acceptors (Lipinski definition) is 17. The van der Waals surface area contributed by atoms with E-state index >= 15 is 0 Å². The molecule has 10 atom stereocenters. The minimum atomic E-state index is -1.94. The summed E-state index contributed by atoms with van der Waals surface area (Å²) in [4.78, 5) is 35.6. The van der Waals surface area contributed by atoms with Crippen LogP contribution in [0.15, 0.2) is 45.6 Å². The highest BCUT2D eigenvalue weighted by Crippen LogP contribution is 2.36. The topological polar surface area (TPSA) is 293 Å². The fourth-order valence-electron chi connectivity index (χ4n) is 5.18. The third-order valence-electron chi connectivity index (χ3n) is 7.74. The molecule has 0 saturated carbocycles. The molecule has 3 aromatic rings. The molecule has 3 heterocycles. The Morgan fingerprint density at radius 2 is 1.54 bits per heavy atom. The van der Waals surface area contributed by atoms with Gasteiger partial charge in [0.2, 0.25) is 6.29 Å². The molecule has 18 nitrogen and oxygen atoms in total. The van der Waals surface area contributed by atoms with Gasteiger partial charge in [-0.15, -0.1) is 0 Å². The van der Waals surface area contributed by atoms with Crippen molar-refractivity contribution in [3.63, 3.8) is 0 Å². The van der Waals surface area contributed by atoms with E-state index in [9.17, 15) is 55.2 Å². The lowest BCUT2D eigenvalue weighted by Gasteiger charge is -2.45. The summed E-state index contributed by atoms with van der Waals surface area (Å²) in [6.07, 6.45) is -17.8. The summed E-state index contributed by atoms with van der Waals surface area (Å²) in [5.41, 5.74) is -0.743. The van der Waals surface area contributed by atoms with Gasteiger partial charge in [-0.3, -0.25) is 14.4 Å². The summed E-state index contributed by atoms with van der Waals surface area (Å²) in [5, 5.41) is 91.4. The van der Waals surface area contributed by atoms with Crippen LogP contribution in [0.4, 0.5) is 0 Å². The Labute approximate surface area is 269 Å². The Morgan fingerprint density at radius 1 is 0.812 bits per heavy atom. The van der Waals surface area contributed by atoms with Crippen molar-refractivity contribution in [2.24, 2.45) is 0 Å². The number of fused-ring (bicyclic) bond motifs is 1. The molecule has 0 amide bonds. The maximum atomic E-state index is 12.9. The maximum Gasteiger partial charge on any atom is 0.317 e. The van der Waals surface area contributed by atoms with Crippen LogP contribution in [-0.2, 0) is 28.5 Å². The van der Waals surface area contributed by atoms with E-state index in [1.54, 1.807) is 0 Å². The van der Waals surface area contributed by atoms with E-state index in [1.165, 1.54) is 13.0 Å². The molecule has 260 valence electrons. The van der Waals surface area contributed by atoms with Crippen molar-refractivity contribution in [1.29, 1.82) is 0 Å². The second kappa shape index (κ2) is 13.9. The van der Waals surface area contributed by atoms with E-state index in [1.807, 2.05) is 0 Å². The molecular weight excluding hydrogens is 648 g/mol. The number of hydrogen-bond donors (Lipinski definition) is 9. The number of aliphatic hydroxyl groups excluding tert-OH is 5. The highest BCUT2D eigenvalue weighted by molar-refractivity contribution is 5.90. The van der Waals surface area contributed by atoms with Crippen molar-refractivity contribution in [1.82, 2.24) is 0 Å². The lowest BCUT2D eigenvalue weighted by atomic mass is 9.97. The summed E-state index contributed by atoms with van der Waals surface area (Å²) in [6, 6.07) is 6.82. The average Bonchev–Trinajstić information content (AvgIpc) is 3.02. The van der Waals surface area contributed by atoms with Gasteiger partial charge in [0, 0.05) is 23.8 Å². The van der Waals surface area contributed by atoms with Crippen molar-refractivity contribution < 1.29 is 83.6 Å². The third-order valence-corrected chi connectivity index (χ3v) is 7.74. The van der Waals surface area contributed by atoms with Crippen LogP contribution in [0.1, 0.15) is 13.3 Å². The number of carbonyl (C=O) groups excluding carboxylic acids is 1. The Hall–Kier alpha value is -4.53. The molecule has 2 aromatic carbocycles. The third kappa shape index (κ3) is 7.15. The highest BCUT2D eigenvalue weighted by Gasteiger charge is 2.51. The standard InChI is InChI=1S/C30H32O18/c1-10-23(38)25(40)27(42)29(44-10)48-28-26(41)24(39)19(9-43-21(37)8-20(35)36)47-30(28)45-12-5-15(33)22-16(34)7-17(46-18(22)6-12)11-2-3-13(31)14(32)4-11/h2-7,10,19,23-33,38-42H,8-9H2,1H3,(H,35,36)/t10-,19+,23-,24+,25+,26-,27+,28+,29-,30+/m0/s1. The highest BCUT2D eigenvalue weighted by atomic mass is 16.8. The van der Waals surface area contributed by atoms with Gasteiger partial charge in [0.25, 0.3) is 0 Å². The molecule has 9 N–H and O–H groups in total. The minimum absolute atomic E-state index is 0.0745. The average molecular weight is 681 g/mol. The normalized spacial score (nSPS) is 30.5. The van der Waals surface area contributed by atoms with Crippen molar-refractivity contribution in [3.05, 3.63) is 46.6 Å². The number of esters is 1. The summed E-state index contributed by atoms with van der Waals surface area (Å²) in [6.45, 7) is 0.607. The van der Waals surface area contributed by atoms with Crippen molar-refractivity contribution >= 4 is 22.9 Å². The molecule has 2 saturated heterocycles. The monoisotopic (exact) mass is 680 g/mol. The second-order valence-electron chi connectivity index (χ2n) is 11.2. The number of phenols is 3. The van der Waals surface area contributed by atoms with Crippen molar-refractivity contribution in [2.75, 3.05) is 6.61 Å². The van der Waals surface area contributed by atoms with Crippen molar-refractivity contribution in [2.45, 2.75) is 74.8 Å². The molecule has 0 aliphatic carbocycles. The molecule has 2 fully saturated rings. The van der Waals surface area contributed by atoms with Gasteiger partial charge in [-0.05, 0) is 25.1 Å². The second-order valence-corrected chi connectivity index (χ2v) is 11.2. The predicted molar refractivity (Wildman–Crippen MR) is 155 cm³/mol. The van der Waals surface area contributed by atoms with E-state index in [2.05, 4.69) is 0 Å². The van der Waals surface area contributed by atoms with Gasteiger partial charge in [-0.25, -0.2) is 0 Å². The number of benzene rings is 2. The molecule has 0 spiro atoms. The Morgan fingerprint density at radius 3 is 2.23 bits per heavy atom. The number of rotatable bonds is 9. The van der Waals surface area contributed by atoms with Crippen molar-refractivity contribution in [3.8, 4) is 34.3 Å². The van der Waals surface area contributed by atoms with E-state index in [4.69, 9.17) is 33.2 Å². The van der Waals surface area contributed by atoms with Crippen LogP contribution in [0.25, 0.3) is 22.3 Å². The first-order chi connectivity index (χ1) is 22.6. The number of phenolic OH excluding ortho intramolecular Hbond substituents is 3. The van der Waals surface area contributed by atoms with Gasteiger partial charge in [-0.1, -0.05) is 0 Å². The lowest BCUT2D eigenvalue weighted by Crippen LogP contribution is -2.64. The smallest absolute Gasteiger partial charge is 0.317 e. The molecular formula is C30H32O18. The fraction of sp³-hybridized carbons (Fsp3) is 0.433. The molecule has 2 aliphatic rings. The lowest BCUT2D eigenvalue weighted by molar-refractivity contribution is -0.354. The van der Waals surface area contributed by atoms with Gasteiger partial charge < -0.3 is 74.1 Å². The van der Waals surface area contributed by atoms with Gasteiger partial charge in [0.1, 0.15) is 77.9 Å². The predicted octanol–water partition coefficient (Wildman–Crippen LogP) is -1.37. The van der Waals surface area contributed by atoms with E-state index in [-0.39, 0.29) is 28.0 Å². The van der Waals surface area contributed by atoms with E-state index < -0.39 is 109 Å². The number of ether oxygens (including phenoxy) is 5. The van der Waals surface area contributed by atoms with Gasteiger partial charge >= 0.3 is 11.9 Å². The Kier molecular flexibility index (Phi) is 10.1. The minimum Gasteiger partial charge on any atom is -0.507 e.